The summed E-state index contributed by atoms with van der Waals surface area (Å²) in [7, 11) is 0. The highest BCUT2D eigenvalue weighted by Crippen LogP contribution is 2.21. The summed E-state index contributed by atoms with van der Waals surface area (Å²) in [6.45, 7) is 4.79. The molecule has 1 rings (SSSR count). The molecule has 5 N–H and O–H groups in total. The third-order valence-electron chi connectivity index (χ3n) is 3.25. The minimum absolute atomic E-state index is 0.0179. The van der Waals surface area contributed by atoms with Crippen LogP contribution in [0.5, 0.6) is 0 Å². The van der Waals surface area contributed by atoms with Gasteiger partial charge in [0, 0.05) is 0 Å². The molecule has 1 atom stereocenters. The summed E-state index contributed by atoms with van der Waals surface area (Å²) in [5.74, 6) is -5.00. The van der Waals surface area contributed by atoms with Gasteiger partial charge in [0.2, 0.25) is 0 Å². The maximum atomic E-state index is 12.3. The van der Waals surface area contributed by atoms with E-state index in [1.165, 1.54) is 0 Å². The lowest BCUT2D eigenvalue weighted by Gasteiger charge is -2.30. The molecule has 0 spiro atoms. The Morgan fingerprint density at radius 2 is 1.68 bits per heavy atom. The van der Waals surface area contributed by atoms with Crippen LogP contribution in [0.2, 0.25) is 0 Å². The first-order chi connectivity index (χ1) is 11.4. The van der Waals surface area contributed by atoms with Crippen molar-refractivity contribution in [3.05, 3.63) is 35.9 Å². The van der Waals surface area contributed by atoms with Gasteiger partial charge in [-0.25, -0.2) is 4.79 Å². The van der Waals surface area contributed by atoms with Crippen molar-refractivity contribution in [2.45, 2.75) is 45.1 Å². The number of carbonyl (C=O) groups excluding carboxylic acids is 2. The zero-order valence-electron chi connectivity index (χ0n) is 14.5. The molecule has 0 heterocycles. The van der Waals surface area contributed by atoms with Gasteiger partial charge in [0.15, 0.2) is 5.66 Å². The Balaban J connectivity index is 2.83. The molecule has 0 fully saturated rings. The first-order valence-electron chi connectivity index (χ1n) is 7.67. The third-order valence-corrected chi connectivity index (χ3v) is 3.25. The molecule has 8 nitrogen and oxygen atoms in total. The van der Waals surface area contributed by atoms with Crippen molar-refractivity contribution in [1.82, 2.24) is 0 Å². The van der Waals surface area contributed by atoms with Crippen LogP contribution >= 0.6 is 0 Å². The third kappa shape index (κ3) is 6.52. The molecule has 0 saturated heterocycles. The van der Waals surface area contributed by atoms with Crippen LogP contribution in [0.15, 0.2) is 30.3 Å². The quantitative estimate of drug-likeness (QED) is 0.482. The number of hydrogen-bond acceptors (Lipinski definition) is 7. The van der Waals surface area contributed by atoms with Crippen molar-refractivity contribution in [3.63, 3.8) is 0 Å². The van der Waals surface area contributed by atoms with Gasteiger partial charge in [-0.3, -0.25) is 9.59 Å². The molecule has 138 valence electrons. The van der Waals surface area contributed by atoms with Gasteiger partial charge in [0.05, 0.1) is 6.42 Å². The average molecular weight is 352 g/mol. The van der Waals surface area contributed by atoms with Gasteiger partial charge in [0.1, 0.15) is 18.1 Å². The molecule has 8 heteroatoms. The van der Waals surface area contributed by atoms with Crippen molar-refractivity contribution in [2.24, 2.45) is 17.4 Å². The molecule has 0 saturated carbocycles. The summed E-state index contributed by atoms with van der Waals surface area (Å²) >= 11 is 0. The summed E-state index contributed by atoms with van der Waals surface area (Å²) in [6, 6.07) is 8.88. The molecular formula is C17H24N2O6. The number of benzene rings is 1. The van der Waals surface area contributed by atoms with Crippen molar-refractivity contribution < 1.29 is 29.0 Å². The number of ether oxygens (including phenoxy) is 2. The molecule has 1 aromatic carbocycles. The Morgan fingerprint density at radius 3 is 2.16 bits per heavy atom. The van der Waals surface area contributed by atoms with E-state index in [9.17, 15) is 14.4 Å². The van der Waals surface area contributed by atoms with Gasteiger partial charge >= 0.3 is 17.9 Å². The minimum atomic E-state index is -2.46. The van der Waals surface area contributed by atoms with E-state index in [0.29, 0.717) is 0 Å². The monoisotopic (exact) mass is 352 g/mol. The van der Waals surface area contributed by atoms with Gasteiger partial charge in [-0.1, -0.05) is 30.3 Å². The number of carboxylic acid groups (broad SMARTS) is 1. The zero-order chi connectivity index (χ0) is 19.3. The van der Waals surface area contributed by atoms with E-state index in [4.69, 9.17) is 26.0 Å². The Kier molecular flexibility index (Phi) is 6.66. The van der Waals surface area contributed by atoms with E-state index in [2.05, 4.69) is 0 Å². The van der Waals surface area contributed by atoms with Crippen LogP contribution in [0, 0.1) is 5.92 Å². The molecule has 1 aromatic rings. The van der Waals surface area contributed by atoms with Crippen molar-refractivity contribution >= 4 is 17.9 Å². The van der Waals surface area contributed by atoms with Crippen molar-refractivity contribution in [1.29, 1.82) is 0 Å². The van der Waals surface area contributed by atoms with Crippen LogP contribution in [-0.2, 0) is 30.5 Å². The first kappa shape index (κ1) is 20.6. The number of nitrogens with two attached hydrogens (primary N) is 2. The average Bonchev–Trinajstić information content (AvgIpc) is 2.49. The van der Waals surface area contributed by atoms with Crippen LogP contribution in [0.3, 0.4) is 0 Å². The van der Waals surface area contributed by atoms with E-state index < -0.39 is 41.5 Å². The second-order valence-corrected chi connectivity index (χ2v) is 6.67. The number of aliphatic carboxylic acids is 1. The molecule has 0 amide bonds. The second-order valence-electron chi connectivity index (χ2n) is 6.67. The van der Waals surface area contributed by atoms with Gasteiger partial charge in [-0.15, -0.1) is 0 Å². The summed E-state index contributed by atoms with van der Waals surface area (Å²) < 4.78 is 10.2. The van der Waals surface area contributed by atoms with Crippen molar-refractivity contribution in [2.75, 3.05) is 0 Å². The van der Waals surface area contributed by atoms with E-state index in [0.717, 1.165) is 5.56 Å². The van der Waals surface area contributed by atoms with Gasteiger partial charge < -0.3 is 26.0 Å². The molecule has 0 aromatic heterocycles. The second kappa shape index (κ2) is 8.09. The first-order valence-corrected chi connectivity index (χ1v) is 7.67. The van der Waals surface area contributed by atoms with E-state index in [1.54, 1.807) is 45.0 Å². The zero-order valence-corrected chi connectivity index (χ0v) is 14.5. The Labute approximate surface area is 146 Å². The smallest absolute Gasteiger partial charge is 0.339 e. The van der Waals surface area contributed by atoms with Crippen LogP contribution in [-0.4, -0.2) is 34.3 Å². The summed E-state index contributed by atoms with van der Waals surface area (Å²) in [6.07, 6.45) is -0.610. The fraction of sp³-hybridized carbons (Fsp3) is 0.471. The Hall–Kier alpha value is -2.45. The van der Waals surface area contributed by atoms with Crippen molar-refractivity contribution in [3.8, 4) is 0 Å². The molecular weight excluding hydrogens is 328 g/mol. The van der Waals surface area contributed by atoms with Crippen LogP contribution < -0.4 is 11.5 Å². The number of carbonyl (C=O) groups is 3. The lowest BCUT2D eigenvalue weighted by Crippen LogP contribution is -2.64. The Morgan fingerprint density at radius 1 is 1.12 bits per heavy atom. The SMILES string of the molecule is CC(C)(C)OC(=O)C(CC(=O)OCc1ccccc1)C(N)(N)C(=O)O. The Bertz CT molecular complexity index is 622. The molecule has 0 aliphatic carbocycles. The van der Waals surface area contributed by atoms with Crippen LogP contribution in [0.4, 0.5) is 0 Å². The lowest BCUT2D eigenvalue weighted by atomic mass is 9.90. The topological polar surface area (TPSA) is 142 Å². The molecule has 0 aliphatic rings. The predicted octanol–water partition coefficient (Wildman–Crippen LogP) is 0.776. The summed E-state index contributed by atoms with van der Waals surface area (Å²) in [5.41, 5.74) is 8.49. The highest BCUT2D eigenvalue weighted by molar-refractivity contribution is 5.89. The van der Waals surface area contributed by atoms with Crippen LogP contribution in [0.25, 0.3) is 0 Å². The largest absolute Gasteiger partial charge is 0.479 e. The fourth-order valence-electron chi connectivity index (χ4n) is 1.93. The molecule has 1 unspecified atom stereocenters. The highest BCUT2D eigenvalue weighted by Gasteiger charge is 2.46. The predicted molar refractivity (Wildman–Crippen MR) is 88.9 cm³/mol. The molecule has 0 bridgehead atoms. The number of hydrogen-bond donors (Lipinski definition) is 3. The highest BCUT2D eigenvalue weighted by atomic mass is 16.6. The summed E-state index contributed by atoms with van der Waals surface area (Å²) in [5, 5.41) is 9.17. The van der Waals surface area contributed by atoms with Gasteiger partial charge in [-0.05, 0) is 26.3 Å². The summed E-state index contributed by atoms with van der Waals surface area (Å²) in [4.78, 5) is 35.6. The maximum Gasteiger partial charge on any atom is 0.339 e. The van der Waals surface area contributed by atoms with Gasteiger partial charge in [-0.2, -0.15) is 0 Å². The van der Waals surface area contributed by atoms with Gasteiger partial charge in [0.25, 0.3) is 0 Å². The number of esters is 2. The van der Waals surface area contributed by atoms with E-state index in [-0.39, 0.29) is 6.61 Å². The normalized spacial score (nSPS) is 13.0. The van der Waals surface area contributed by atoms with E-state index in [1.807, 2.05) is 6.07 Å². The standard InChI is InChI=1S/C17H24N2O6/c1-16(2,3)25-14(21)12(17(18,19)15(22)23)9-13(20)24-10-11-7-5-4-6-8-11/h4-8,12H,9-10,18-19H2,1-3H3,(H,22,23). The lowest BCUT2D eigenvalue weighted by molar-refractivity contribution is -0.171. The molecule has 0 radical (unpaired) electrons. The number of carboxylic acids is 1. The molecule has 0 aliphatic heterocycles. The maximum absolute atomic E-state index is 12.3. The van der Waals surface area contributed by atoms with Crippen LogP contribution in [0.1, 0.15) is 32.8 Å². The van der Waals surface area contributed by atoms with E-state index >= 15 is 0 Å². The minimum Gasteiger partial charge on any atom is -0.479 e. The fourth-order valence-corrected chi connectivity index (χ4v) is 1.93. The number of rotatable bonds is 7. The molecule has 25 heavy (non-hydrogen) atoms.